The Hall–Kier alpha value is -1.90. The first kappa shape index (κ1) is 14.7. The monoisotopic (exact) mass is 308 g/mol. The molecule has 0 fully saturated rings. The normalized spacial score (nSPS) is 16.4. The molecule has 3 heterocycles. The quantitative estimate of drug-likeness (QED) is 0.794. The lowest BCUT2D eigenvalue weighted by Crippen LogP contribution is -2.36. The van der Waals surface area contributed by atoms with E-state index in [9.17, 15) is 0 Å². The van der Waals surface area contributed by atoms with Gasteiger partial charge in [0.1, 0.15) is 12.7 Å². The Balaban J connectivity index is 1.98. The van der Waals surface area contributed by atoms with Crippen LogP contribution in [0, 0.1) is 6.92 Å². The minimum Gasteiger partial charge on any atom is -0.371 e. The van der Waals surface area contributed by atoms with Gasteiger partial charge in [-0.3, -0.25) is 0 Å². The first-order valence-electron chi connectivity index (χ1n) is 8.95. The van der Waals surface area contributed by atoms with E-state index >= 15 is 0 Å². The zero-order valence-electron chi connectivity index (χ0n) is 14.5. The molecule has 3 nitrogen and oxygen atoms in total. The minimum atomic E-state index is 0.974. The van der Waals surface area contributed by atoms with E-state index in [0.717, 1.165) is 6.42 Å². The topological polar surface area (TPSA) is 20.0 Å². The van der Waals surface area contributed by atoms with Crippen LogP contribution >= 0.6 is 0 Å². The number of benzene rings is 1. The zero-order chi connectivity index (χ0) is 16.0. The molecule has 2 aromatic rings. The van der Waals surface area contributed by atoms with Crippen molar-refractivity contribution in [3.8, 4) is 11.3 Å². The highest BCUT2D eigenvalue weighted by Gasteiger charge is 2.29. The zero-order valence-corrected chi connectivity index (χ0v) is 14.5. The van der Waals surface area contributed by atoms with Gasteiger partial charge in [0.15, 0.2) is 6.20 Å². The summed E-state index contributed by atoms with van der Waals surface area (Å²) in [7, 11) is 2.15. The maximum Gasteiger partial charge on any atom is 0.234 e. The molecule has 0 saturated heterocycles. The summed E-state index contributed by atoms with van der Waals surface area (Å²) in [4.78, 5) is 7.26. The highest BCUT2D eigenvalue weighted by Crippen LogP contribution is 2.41. The third-order valence-corrected chi connectivity index (χ3v) is 5.55. The minimum absolute atomic E-state index is 0.974. The second-order valence-electron chi connectivity index (χ2n) is 6.92. The van der Waals surface area contributed by atoms with Gasteiger partial charge in [-0.05, 0) is 61.8 Å². The Bertz CT molecular complexity index is 762. The van der Waals surface area contributed by atoms with Gasteiger partial charge in [0.05, 0.1) is 11.8 Å². The first-order valence-corrected chi connectivity index (χ1v) is 8.95. The molecular formula is C20H26N3+. The van der Waals surface area contributed by atoms with E-state index in [4.69, 9.17) is 0 Å². The second kappa shape index (κ2) is 5.63. The lowest BCUT2D eigenvalue weighted by molar-refractivity contribution is -0.661. The van der Waals surface area contributed by atoms with Gasteiger partial charge in [0.2, 0.25) is 5.69 Å². The maximum absolute atomic E-state index is 4.64. The van der Waals surface area contributed by atoms with Crippen molar-refractivity contribution in [2.24, 2.45) is 7.05 Å². The van der Waals surface area contributed by atoms with Gasteiger partial charge in [0.25, 0.3) is 0 Å². The molecule has 0 atom stereocenters. The smallest absolute Gasteiger partial charge is 0.234 e. The Labute approximate surface area is 139 Å². The van der Waals surface area contributed by atoms with Crippen molar-refractivity contribution in [1.29, 1.82) is 0 Å². The Morgan fingerprint density at radius 3 is 2.78 bits per heavy atom. The van der Waals surface area contributed by atoms with Crippen molar-refractivity contribution < 1.29 is 4.57 Å². The van der Waals surface area contributed by atoms with E-state index < -0.39 is 0 Å². The van der Waals surface area contributed by atoms with Crippen molar-refractivity contribution in [2.75, 3.05) is 18.0 Å². The van der Waals surface area contributed by atoms with Crippen molar-refractivity contribution in [3.63, 3.8) is 0 Å². The van der Waals surface area contributed by atoms with Crippen LogP contribution in [0.5, 0.6) is 0 Å². The summed E-state index contributed by atoms with van der Waals surface area (Å²) in [6.45, 7) is 6.99. The number of nitrogens with zero attached hydrogens (tertiary/aromatic N) is 3. The average Bonchev–Trinajstić information content (AvgIpc) is 2.58. The molecule has 0 saturated carbocycles. The largest absolute Gasteiger partial charge is 0.371 e. The van der Waals surface area contributed by atoms with Crippen LogP contribution in [0.25, 0.3) is 11.3 Å². The van der Waals surface area contributed by atoms with Gasteiger partial charge >= 0.3 is 0 Å². The fourth-order valence-corrected chi connectivity index (χ4v) is 4.43. The number of aromatic nitrogens is 2. The Morgan fingerprint density at radius 1 is 1.22 bits per heavy atom. The molecule has 23 heavy (non-hydrogen) atoms. The molecule has 2 aliphatic rings. The fraction of sp³-hybridized carbons (Fsp3) is 0.500. The molecule has 1 aromatic carbocycles. The SMILES string of the molecule is CCc1ncc[n+](C)c1-c1cc2c3c(c1C)CCCN3CCC2. The fourth-order valence-electron chi connectivity index (χ4n) is 4.43. The Morgan fingerprint density at radius 2 is 2.00 bits per heavy atom. The average molecular weight is 308 g/mol. The van der Waals surface area contributed by atoms with E-state index in [2.05, 4.69) is 47.6 Å². The van der Waals surface area contributed by atoms with Gasteiger partial charge in [-0.15, -0.1) is 0 Å². The lowest BCUT2D eigenvalue weighted by Gasteiger charge is -2.38. The second-order valence-corrected chi connectivity index (χ2v) is 6.92. The van der Waals surface area contributed by atoms with E-state index in [0.29, 0.717) is 0 Å². The predicted molar refractivity (Wildman–Crippen MR) is 93.8 cm³/mol. The van der Waals surface area contributed by atoms with Crippen LogP contribution in [-0.4, -0.2) is 18.1 Å². The van der Waals surface area contributed by atoms with Crippen molar-refractivity contribution in [1.82, 2.24) is 4.98 Å². The summed E-state index contributed by atoms with van der Waals surface area (Å²) in [5.41, 5.74) is 10.1. The van der Waals surface area contributed by atoms with Crippen LogP contribution < -0.4 is 9.47 Å². The van der Waals surface area contributed by atoms with Gasteiger partial charge in [-0.2, -0.15) is 4.57 Å². The molecule has 3 heteroatoms. The Kier molecular flexibility index (Phi) is 3.59. The van der Waals surface area contributed by atoms with Crippen molar-refractivity contribution >= 4 is 5.69 Å². The van der Waals surface area contributed by atoms with Crippen LogP contribution in [0.15, 0.2) is 18.5 Å². The van der Waals surface area contributed by atoms with E-state index in [-0.39, 0.29) is 0 Å². The molecule has 0 spiro atoms. The third kappa shape index (κ3) is 2.25. The molecule has 0 aliphatic carbocycles. The van der Waals surface area contributed by atoms with Gasteiger partial charge < -0.3 is 4.90 Å². The first-order chi connectivity index (χ1) is 11.2. The maximum atomic E-state index is 4.64. The molecule has 0 radical (unpaired) electrons. The van der Waals surface area contributed by atoms with E-state index in [1.165, 1.54) is 61.3 Å². The summed E-state index contributed by atoms with van der Waals surface area (Å²) in [6.07, 6.45) is 9.99. The molecule has 0 unspecified atom stereocenters. The summed E-state index contributed by atoms with van der Waals surface area (Å²) < 4.78 is 2.25. The van der Waals surface area contributed by atoms with Crippen molar-refractivity contribution in [2.45, 2.75) is 46.0 Å². The van der Waals surface area contributed by atoms with Gasteiger partial charge in [-0.25, -0.2) is 4.98 Å². The molecular weight excluding hydrogens is 282 g/mol. The lowest BCUT2D eigenvalue weighted by atomic mass is 9.85. The summed E-state index contributed by atoms with van der Waals surface area (Å²) >= 11 is 0. The van der Waals surface area contributed by atoms with Crippen LogP contribution in [-0.2, 0) is 26.3 Å². The highest BCUT2D eigenvalue weighted by atomic mass is 15.1. The van der Waals surface area contributed by atoms with Crippen LogP contribution in [0.4, 0.5) is 5.69 Å². The molecule has 0 amide bonds. The number of hydrogen-bond acceptors (Lipinski definition) is 2. The predicted octanol–water partition coefficient (Wildman–Crippen LogP) is 3.14. The summed E-state index contributed by atoms with van der Waals surface area (Å²) in [5, 5.41) is 0. The highest BCUT2D eigenvalue weighted by molar-refractivity contribution is 5.75. The molecule has 1 aromatic heterocycles. The van der Waals surface area contributed by atoms with Gasteiger partial charge in [-0.1, -0.05) is 6.92 Å². The standard InChI is InChI=1S/C20H26N3/c1-4-18-20(22(3)12-9-21-18)17-13-15-7-5-10-23-11-6-8-16(14(17)2)19(15)23/h9,12-13H,4-8,10-11H2,1-3H3/q+1. The molecule has 2 aliphatic heterocycles. The molecule has 0 N–H and O–H groups in total. The van der Waals surface area contributed by atoms with Crippen LogP contribution in [0.3, 0.4) is 0 Å². The van der Waals surface area contributed by atoms with Crippen molar-refractivity contribution in [3.05, 3.63) is 40.8 Å². The van der Waals surface area contributed by atoms with Crippen LogP contribution in [0.1, 0.15) is 42.1 Å². The summed E-state index contributed by atoms with van der Waals surface area (Å²) in [5.74, 6) is 0. The van der Waals surface area contributed by atoms with Gasteiger partial charge in [0, 0.05) is 18.8 Å². The third-order valence-electron chi connectivity index (χ3n) is 5.55. The van der Waals surface area contributed by atoms with E-state index in [1.807, 2.05) is 6.20 Å². The molecule has 4 rings (SSSR count). The number of hydrogen-bond donors (Lipinski definition) is 0. The number of rotatable bonds is 2. The number of aryl methyl sites for hydroxylation is 3. The molecule has 0 bridgehead atoms. The van der Waals surface area contributed by atoms with E-state index in [1.54, 1.807) is 16.8 Å². The molecule has 120 valence electrons. The number of anilines is 1. The summed E-state index contributed by atoms with van der Waals surface area (Å²) in [6, 6.07) is 2.46. The van der Waals surface area contributed by atoms with Crippen LogP contribution in [0.2, 0.25) is 0 Å².